The van der Waals surface area contributed by atoms with E-state index < -0.39 is 0 Å². The molecule has 3 aromatic carbocycles. The molecule has 0 aliphatic carbocycles. The first-order valence-electron chi connectivity index (χ1n) is 7.86. The van der Waals surface area contributed by atoms with E-state index in [4.69, 9.17) is 13.9 Å². The largest absolute Gasteiger partial charge is 0.508 e. The van der Waals surface area contributed by atoms with Crippen molar-refractivity contribution in [1.29, 1.82) is 0 Å². The van der Waals surface area contributed by atoms with Gasteiger partial charge < -0.3 is 29.2 Å². The summed E-state index contributed by atoms with van der Waals surface area (Å²) in [5.74, 6) is 0.668. The molecule has 1 aromatic heterocycles. The summed E-state index contributed by atoms with van der Waals surface area (Å²) in [4.78, 5) is 0. The molecule has 0 amide bonds. The van der Waals surface area contributed by atoms with Crippen molar-refractivity contribution < 1.29 is 29.2 Å². The summed E-state index contributed by atoms with van der Waals surface area (Å²) in [6, 6.07) is 11.3. The van der Waals surface area contributed by atoms with Crippen LogP contribution in [0.3, 0.4) is 0 Å². The molecule has 0 bridgehead atoms. The number of benzene rings is 3. The van der Waals surface area contributed by atoms with Crippen LogP contribution in [0.2, 0.25) is 0 Å². The Morgan fingerprint density at radius 3 is 2.19 bits per heavy atom. The lowest BCUT2D eigenvalue weighted by molar-refractivity contribution is 0.403. The van der Waals surface area contributed by atoms with Crippen molar-refractivity contribution >= 4 is 21.9 Å². The predicted octanol–water partition coefficient (Wildman–Crippen LogP) is 4.39. The van der Waals surface area contributed by atoms with Crippen LogP contribution >= 0.6 is 0 Å². The van der Waals surface area contributed by atoms with Gasteiger partial charge >= 0.3 is 0 Å². The number of fused-ring (bicyclic) bond motifs is 3. The Morgan fingerprint density at radius 2 is 1.54 bits per heavy atom. The molecule has 132 valence electrons. The van der Waals surface area contributed by atoms with Gasteiger partial charge in [-0.1, -0.05) is 12.1 Å². The fourth-order valence-corrected chi connectivity index (χ4v) is 3.14. The second kappa shape index (κ2) is 5.77. The van der Waals surface area contributed by atoms with Crippen LogP contribution in [0.4, 0.5) is 0 Å². The van der Waals surface area contributed by atoms with Crippen molar-refractivity contribution in [1.82, 2.24) is 0 Å². The topological polar surface area (TPSA) is 92.3 Å². The number of hydrogen-bond acceptors (Lipinski definition) is 6. The molecule has 6 nitrogen and oxygen atoms in total. The Kier molecular flexibility index (Phi) is 3.54. The van der Waals surface area contributed by atoms with Crippen LogP contribution in [-0.2, 0) is 0 Å². The summed E-state index contributed by atoms with van der Waals surface area (Å²) in [6.45, 7) is 0. The van der Waals surface area contributed by atoms with Crippen LogP contribution < -0.4 is 9.47 Å². The molecule has 0 aliphatic heterocycles. The van der Waals surface area contributed by atoms with E-state index in [9.17, 15) is 15.3 Å². The summed E-state index contributed by atoms with van der Waals surface area (Å²) in [6.07, 6.45) is 0. The van der Waals surface area contributed by atoms with E-state index in [-0.39, 0.29) is 17.2 Å². The molecule has 0 fully saturated rings. The van der Waals surface area contributed by atoms with Gasteiger partial charge in [-0.05, 0) is 29.8 Å². The minimum Gasteiger partial charge on any atom is -0.508 e. The number of rotatable bonds is 3. The lowest BCUT2D eigenvalue weighted by Gasteiger charge is -2.12. The zero-order valence-corrected chi connectivity index (χ0v) is 14.1. The molecule has 3 N–H and O–H groups in total. The first kappa shape index (κ1) is 16.0. The van der Waals surface area contributed by atoms with E-state index in [1.165, 1.54) is 19.2 Å². The Hall–Kier alpha value is -3.54. The third kappa shape index (κ3) is 2.27. The molecule has 0 unspecified atom stereocenters. The second-order valence-corrected chi connectivity index (χ2v) is 5.85. The van der Waals surface area contributed by atoms with E-state index in [0.29, 0.717) is 33.4 Å². The van der Waals surface area contributed by atoms with Gasteiger partial charge in [-0.15, -0.1) is 0 Å². The van der Waals surface area contributed by atoms with Gasteiger partial charge in [0.15, 0.2) is 22.8 Å². The maximum atomic E-state index is 9.86. The molecule has 4 rings (SSSR count). The van der Waals surface area contributed by atoms with Crippen molar-refractivity contribution in [3.8, 4) is 39.9 Å². The number of furan rings is 1. The molecular weight excluding hydrogens is 336 g/mol. The molecule has 4 aromatic rings. The SMILES string of the molecule is COc1c(-c2ccc(O)cc2)cc(OC)c2c1oc1cc(O)c(O)cc12. The van der Waals surface area contributed by atoms with Crippen molar-refractivity contribution in [2.45, 2.75) is 0 Å². The normalized spacial score (nSPS) is 11.2. The third-order valence-electron chi connectivity index (χ3n) is 4.36. The van der Waals surface area contributed by atoms with Crippen LogP contribution in [0.5, 0.6) is 28.7 Å². The van der Waals surface area contributed by atoms with Crippen LogP contribution in [0.15, 0.2) is 46.9 Å². The third-order valence-corrected chi connectivity index (χ3v) is 4.36. The number of phenolic OH excluding ortho intramolecular Hbond substituents is 3. The monoisotopic (exact) mass is 352 g/mol. The Balaban J connectivity index is 2.12. The molecule has 0 radical (unpaired) electrons. The number of aromatic hydroxyl groups is 3. The van der Waals surface area contributed by atoms with Crippen molar-refractivity contribution in [2.75, 3.05) is 14.2 Å². The molecule has 0 saturated carbocycles. The predicted molar refractivity (Wildman–Crippen MR) is 97.3 cm³/mol. The molecule has 26 heavy (non-hydrogen) atoms. The number of ether oxygens (including phenoxy) is 2. The average Bonchev–Trinajstić information content (AvgIpc) is 2.99. The Morgan fingerprint density at radius 1 is 0.846 bits per heavy atom. The van der Waals surface area contributed by atoms with Gasteiger partial charge in [-0.3, -0.25) is 0 Å². The summed E-state index contributed by atoms with van der Waals surface area (Å²) in [7, 11) is 3.08. The van der Waals surface area contributed by atoms with E-state index in [0.717, 1.165) is 11.1 Å². The molecule has 0 spiro atoms. The maximum absolute atomic E-state index is 9.86. The smallest absolute Gasteiger partial charge is 0.181 e. The number of phenols is 3. The molecule has 6 heteroatoms. The fraction of sp³-hybridized carbons (Fsp3) is 0.100. The van der Waals surface area contributed by atoms with Crippen molar-refractivity contribution in [3.63, 3.8) is 0 Å². The maximum Gasteiger partial charge on any atom is 0.181 e. The lowest BCUT2D eigenvalue weighted by Crippen LogP contribution is -1.92. The second-order valence-electron chi connectivity index (χ2n) is 5.85. The highest BCUT2D eigenvalue weighted by Crippen LogP contribution is 2.48. The van der Waals surface area contributed by atoms with Crippen LogP contribution in [0.1, 0.15) is 0 Å². The number of methoxy groups -OCH3 is 2. The number of hydrogen-bond donors (Lipinski definition) is 3. The van der Waals surface area contributed by atoms with Crippen molar-refractivity contribution in [3.05, 3.63) is 42.5 Å². The minimum atomic E-state index is -0.270. The van der Waals surface area contributed by atoms with E-state index in [1.54, 1.807) is 31.4 Å². The fourth-order valence-electron chi connectivity index (χ4n) is 3.14. The highest BCUT2D eigenvalue weighted by Gasteiger charge is 2.22. The molecule has 1 heterocycles. The van der Waals surface area contributed by atoms with Crippen LogP contribution in [-0.4, -0.2) is 29.5 Å². The molecular formula is C20H16O6. The van der Waals surface area contributed by atoms with Crippen molar-refractivity contribution in [2.24, 2.45) is 0 Å². The zero-order valence-electron chi connectivity index (χ0n) is 14.1. The first-order chi connectivity index (χ1) is 12.5. The first-order valence-corrected chi connectivity index (χ1v) is 7.86. The van der Waals surface area contributed by atoms with Gasteiger partial charge in [0.2, 0.25) is 0 Å². The minimum absolute atomic E-state index is 0.162. The average molecular weight is 352 g/mol. The molecule has 0 atom stereocenters. The Labute approximate surface area is 148 Å². The van der Waals surface area contributed by atoms with E-state index in [1.807, 2.05) is 6.07 Å². The van der Waals surface area contributed by atoms with Gasteiger partial charge in [0.1, 0.15) is 17.1 Å². The van der Waals surface area contributed by atoms with Crippen LogP contribution in [0.25, 0.3) is 33.1 Å². The summed E-state index contributed by atoms with van der Waals surface area (Å²) in [5.41, 5.74) is 2.38. The van der Waals surface area contributed by atoms with E-state index >= 15 is 0 Å². The highest BCUT2D eigenvalue weighted by molar-refractivity contribution is 6.13. The van der Waals surface area contributed by atoms with Gasteiger partial charge in [-0.2, -0.15) is 0 Å². The van der Waals surface area contributed by atoms with Gasteiger partial charge in [0.05, 0.1) is 19.6 Å². The van der Waals surface area contributed by atoms with Crippen LogP contribution in [0, 0.1) is 0 Å². The van der Waals surface area contributed by atoms with E-state index in [2.05, 4.69) is 0 Å². The zero-order chi connectivity index (χ0) is 18.4. The standard InChI is InChI=1S/C20H16O6/c1-24-17-8-12(10-3-5-11(21)6-4-10)19(25-2)20-18(17)13-7-14(22)15(23)9-16(13)26-20/h3-9,21-23H,1-2H3. The molecule has 0 saturated heterocycles. The quantitative estimate of drug-likeness (QED) is 0.474. The molecule has 0 aliphatic rings. The summed E-state index contributed by atoms with van der Waals surface area (Å²) >= 11 is 0. The Bertz CT molecular complexity index is 1130. The van der Waals surface area contributed by atoms with Gasteiger partial charge in [0.25, 0.3) is 0 Å². The van der Waals surface area contributed by atoms with Gasteiger partial charge in [-0.25, -0.2) is 0 Å². The summed E-state index contributed by atoms with van der Waals surface area (Å²) in [5, 5.41) is 30.4. The highest BCUT2D eigenvalue weighted by atomic mass is 16.5. The van der Waals surface area contributed by atoms with Gasteiger partial charge in [0, 0.05) is 17.0 Å². The summed E-state index contributed by atoms with van der Waals surface area (Å²) < 4.78 is 17.0. The lowest BCUT2D eigenvalue weighted by atomic mass is 10.0.